The van der Waals surface area contributed by atoms with E-state index in [0.717, 1.165) is 0 Å². The van der Waals surface area contributed by atoms with Crippen molar-refractivity contribution in [3.63, 3.8) is 0 Å². The van der Waals surface area contributed by atoms with E-state index in [9.17, 15) is 57.5 Å². The van der Waals surface area contributed by atoms with Gasteiger partial charge >= 0.3 is 32.9 Å². The standard InChI is InChI=1S/4C2H5O4Si.3Si/c4*1-2-6-7(3,4)5;;;/h4*2H2,1H3;;;/q4*-3;3*+4. The van der Waals surface area contributed by atoms with Crippen molar-refractivity contribution in [2.45, 2.75) is 27.7 Å². The average molecular weight is 569 g/mol. The van der Waals surface area contributed by atoms with Gasteiger partial charge in [0, 0.05) is 26.4 Å². The fourth-order valence-electron chi connectivity index (χ4n) is 0.707. The van der Waals surface area contributed by atoms with Crippen LogP contribution in [0.5, 0.6) is 0 Å². The molecule has 31 heavy (non-hydrogen) atoms. The molecule has 0 bridgehead atoms. The maximum Gasteiger partial charge on any atom is 4.00 e. The molecule has 0 spiro atoms. The minimum Gasteiger partial charge on any atom is -0.861 e. The fraction of sp³-hybridized carbons (Fsp3) is 1.00. The largest absolute Gasteiger partial charge is 4.00 e. The van der Waals surface area contributed by atoms with Crippen molar-refractivity contribution in [3.05, 3.63) is 0 Å². The van der Waals surface area contributed by atoms with Crippen molar-refractivity contribution in [1.82, 2.24) is 0 Å². The van der Waals surface area contributed by atoms with Crippen LogP contribution >= 0.6 is 0 Å². The van der Waals surface area contributed by atoms with E-state index in [1.807, 2.05) is 0 Å². The second kappa shape index (κ2) is 25.5. The quantitative estimate of drug-likeness (QED) is 0.245. The zero-order chi connectivity index (χ0) is 23.7. The van der Waals surface area contributed by atoms with Crippen LogP contribution in [-0.2, 0) is 17.7 Å². The van der Waals surface area contributed by atoms with Crippen LogP contribution in [0.3, 0.4) is 0 Å². The molecule has 0 aromatic carbocycles. The maximum absolute atomic E-state index is 9.51. The van der Waals surface area contributed by atoms with Gasteiger partial charge in [-0.3, -0.25) is 0 Å². The van der Waals surface area contributed by atoms with Crippen molar-refractivity contribution >= 4 is 69.1 Å². The summed E-state index contributed by atoms with van der Waals surface area (Å²) in [5, 5.41) is 0. The first kappa shape index (κ1) is 49.1. The maximum atomic E-state index is 9.51. The first-order chi connectivity index (χ1) is 12.2. The molecule has 16 nitrogen and oxygen atoms in total. The summed E-state index contributed by atoms with van der Waals surface area (Å²) in [5.41, 5.74) is 0. The Morgan fingerprint density at radius 1 is 0.355 bits per heavy atom. The third-order valence-electron chi connectivity index (χ3n) is 1.28. The van der Waals surface area contributed by atoms with E-state index < -0.39 is 36.2 Å². The molecule has 0 saturated carbocycles. The van der Waals surface area contributed by atoms with E-state index in [2.05, 4.69) is 17.7 Å². The van der Waals surface area contributed by atoms with Crippen molar-refractivity contribution in [1.29, 1.82) is 0 Å². The predicted octanol–water partition coefficient (Wildman–Crippen LogP) is -15.0. The molecule has 0 aromatic rings. The van der Waals surface area contributed by atoms with Crippen LogP contribution in [-0.4, -0.2) is 95.5 Å². The molecular weight excluding hydrogens is 549 g/mol. The van der Waals surface area contributed by atoms with Gasteiger partial charge in [-0.2, -0.15) is 0 Å². The van der Waals surface area contributed by atoms with Gasteiger partial charge in [0.1, 0.15) is 0 Å². The number of hydrogen-bond acceptors (Lipinski definition) is 16. The molecule has 0 rings (SSSR count). The zero-order valence-electron chi connectivity index (χ0n) is 16.9. The van der Waals surface area contributed by atoms with Crippen LogP contribution in [0.2, 0.25) is 0 Å². The van der Waals surface area contributed by atoms with Gasteiger partial charge in [-0.05, 0) is 27.7 Å². The Hall–Kier alpha value is 0.878. The normalized spacial score (nSPS) is 10.8. The van der Waals surface area contributed by atoms with E-state index in [4.69, 9.17) is 0 Å². The molecule has 0 aliphatic carbocycles. The molecule has 0 heterocycles. The summed E-state index contributed by atoms with van der Waals surface area (Å²) in [4.78, 5) is 114. The smallest absolute Gasteiger partial charge is 0.861 e. The van der Waals surface area contributed by atoms with Gasteiger partial charge < -0.3 is 75.3 Å². The second-order valence-corrected chi connectivity index (χ2v) is 8.89. The topological polar surface area (TPSA) is 314 Å². The third kappa shape index (κ3) is 90.4. The van der Waals surface area contributed by atoms with Crippen molar-refractivity contribution in [2.24, 2.45) is 0 Å². The molecule has 0 amide bonds. The Kier molecular flexibility index (Phi) is 40.4. The molecule has 0 aromatic heterocycles. The molecule has 23 heteroatoms. The summed E-state index contributed by atoms with van der Waals surface area (Å²) in [5.74, 6) is 0. The van der Waals surface area contributed by atoms with E-state index in [0.29, 0.717) is 0 Å². The van der Waals surface area contributed by atoms with Gasteiger partial charge in [-0.25, -0.2) is 0 Å². The number of hydrogen-bond donors (Lipinski definition) is 0. The Morgan fingerprint density at radius 3 is 0.452 bits per heavy atom. The van der Waals surface area contributed by atoms with E-state index in [1.54, 1.807) is 0 Å². The molecule has 176 valence electrons. The van der Waals surface area contributed by atoms with Crippen molar-refractivity contribution in [2.75, 3.05) is 26.4 Å². The van der Waals surface area contributed by atoms with Gasteiger partial charge in [0.25, 0.3) is 0 Å². The fourth-order valence-corrected chi connectivity index (χ4v) is 2.12. The molecule has 0 aliphatic heterocycles. The molecule has 0 N–H and O–H groups in total. The first-order valence-corrected chi connectivity index (χ1v) is 13.8. The molecule has 0 fully saturated rings. The zero-order valence-corrected chi connectivity index (χ0v) is 23.9. The molecule has 0 aliphatic rings. The summed E-state index contributed by atoms with van der Waals surface area (Å²) in [7, 11) is -19.6. The second-order valence-electron chi connectivity index (χ2n) is 3.73. The van der Waals surface area contributed by atoms with Gasteiger partial charge in [-0.1, -0.05) is 0 Å². The molecule has 0 saturated heterocycles. The summed E-state index contributed by atoms with van der Waals surface area (Å²) in [6.45, 7) is 5.49. The Balaban J connectivity index is -0.0000000480. The summed E-state index contributed by atoms with van der Waals surface area (Å²) in [6.07, 6.45) is 0. The average Bonchev–Trinajstić information content (AvgIpc) is 2.34. The van der Waals surface area contributed by atoms with Gasteiger partial charge in [0.15, 0.2) is 0 Å². The Bertz CT molecular complexity index is 264. The van der Waals surface area contributed by atoms with Gasteiger partial charge in [0.05, 0.1) is 0 Å². The number of rotatable bonds is 8. The van der Waals surface area contributed by atoms with Crippen LogP contribution in [0, 0.1) is 0 Å². The van der Waals surface area contributed by atoms with Crippen LogP contribution in [0.4, 0.5) is 0 Å². The van der Waals surface area contributed by atoms with Crippen LogP contribution < -0.4 is 57.5 Å². The van der Waals surface area contributed by atoms with Crippen LogP contribution in [0.15, 0.2) is 0 Å². The summed E-state index contributed by atoms with van der Waals surface area (Å²) in [6, 6.07) is 0. The Labute approximate surface area is 198 Å². The predicted molar refractivity (Wildman–Crippen MR) is 86.8 cm³/mol. The van der Waals surface area contributed by atoms with Crippen LogP contribution in [0.25, 0.3) is 0 Å². The van der Waals surface area contributed by atoms with Gasteiger partial charge in [-0.15, -0.1) is 36.2 Å². The van der Waals surface area contributed by atoms with Crippen LogP contribution in [0.1, 0.15) is 27.7 Å². The van der Waals surface area contributed by atoms with Crippen molar-refractivity contribution in [3.8, 4) is 0 Å². The first-order valence-electron chi connectivity index (χ1n) is 7.25. The molecule has 0 radical (unpaired) electrons. The van der Waals surface area contributed by atoms with E-state index >= 15 is 0 Å². The minimum atomic E-state index is -4.91. The molecule has 0 unspecified atom stereocenters. The van der Waals surface area contributed by atoms with Gasteiger partial charge in [0.2, 0.25) is 0 Å². The van der Waals surface area contributed by atoms with E-state index in [1.165, 1.54) is 27.7 Å². The third-order valence-corrected chi connectivity index (χ3v) is 3.85. The summed E-state index contributed by atoms with van der Waals surface area (Å²) < 4.78 is 14.8. The summed E-state index contributed by atoms with van der Waals surface area (Å²) >= 11 is 0. The molecular formula is C8H20O16Si7. The Morgan fingerprint density at radius 2 is 0.452 bits per heavy atom. The molecule has 0 atom stereocenters. The monoisotopic (exact) mass is 568 g/mol. The minimum absolute atomic E-state index is 0. The van der Waals surface area contributed by atoms with Crippen molar-refractivity contribution < 1.29 is 75.3 Å². The SMILES string of the molecule is CCO[Si]([O-])([O-])[O-].CCO[Si]([O-])([O-])[O-].CCO[Si]([O-])([O-])[O-].CCO[Si]([O-])([O-])[O-].[Si+4].[Si+4].[Si+4]. The van der Waals surface area contributed by atoms with E-state index in [-0.39, 0.29) is 59.3 Å².